The largest absolute Gasteiger partial charge is 0.283 e. The summed E-state index contributed by atoms with van der Waals surface area (Å²) in [6.07, 6.45) is 0. The highest BCUT2D eigenvalue weighted by molar-refractivity contribution is 4.94. The van der Waals surface area contributed by atoms with Crippen LogP contribution in [0.5, 0.6) is 0 Å². The van der Waals surface area contributed by atoms with Gasteiger partial charge in [-0.05, 0) is 13.8 Å². The van der Waals surface area contributed by atoms with E-state index in [-0.39, 0.29) is 5.54 Å². The lowest BCUT2D eigenvalue weighted by molar-refractivity contribution is -0.743. The first kappa shape index (κ1) is 11.5. The molecule has 0 aliphatic rings. The van der Waals surface area contributed by atoms with E-state index in [0.717, 1.165) is 5.82 Å². The predicted octanol–water partition coefficient (Wildman–Crippen LogP) is -0.196. The third kappa shape index (κ3) is 1.95. The first-order valence-electron chi connectivity index (χ1n) is 4.71. The average Bonchev–Trinajstić information content (AvgIpc) is 2.46. The van der Waals surface area contributed by atoms with Crippen molar-refractivity contribution in [3.8, 4) is 0 Å². The maximum atomic E-state index is 4.01. The van der Waals surface area contributed by atoms with Crippen LogP contribution in [-0.2, 0) is 19.6 Å². The van der Waals surface area contributed by atoms with Crippen molar-refractivity contribution in [2.75, 3.05) is 14.1 Å². The van der Waals surface area contributed by atoms with Crippen molar-refractivity contribution in [3.05, 3.63) is 5.82 Å². The van der Waals surface area contributed by atoms with Crippen LogP contribution < -0.4 is 4.68 Å². The zero-order valence-corrected chi connectivity index (χ0v) is 10.1. The molecule has 0 saturated carbocycles. The molecule has 0 atom stereocenters. The molecule has 0 saturated heterocycles. The van der Waals surface area contributed by atoms with Crippen molar-refractivity contribution in [2.45, 2.75) is 19.4 Å². The average molecular weight is 212 g/mol. The Kier molecular flexibility index (Phi) is 3.01. The fourth-order valence-corrected chi connectivity index (χ4v) is 1.60. The number of hydrogen-bond acceptors (Lipinski definition) is 4. The number of aromatic nitrogens is 4. The van der Waals surface area contributed by atoms with E-state index in [4.69, 9.17) is 0 Å². The molecule has 1 rings (SSSR count). The van der Waals surface area contributed by atoms with Crippen LogP contribution >= 0.6 is 0 Å². The van der Waals surface area contributed by atoms with Gasteiger partial charge < -0.3 is 0 Å². The lowest BCUT2D eigenvalue weighted by Gasteiger charge is -2.28. The Labute approximate surface area is 89.4 Å². The summed E-state index contributed by atoms with van der Waals surface area (Å²) in [7, 11) is 7.25. The molecule has 84 valence electrons. The molecule has 0 aromatic carbocycles. The van der Waals surface area contributed by atoms with Crippen molar-refractivity contribution in [1.82, 2.24) is 20.1 Å². The maximum Gasteiger partial charge on any atom is 0.283 e. The molecule has 0 bridgehead atoms. The minimum absolute atomic E-state index is 0.313. The summed E-state index contributed by atoms with van der Waals surface area (Å²) in [5, 5.41) is 17.5. The Bertz CT molecular complexity index is 346. The Balaban J connectivity index is 3.15. The van der Waals surface area contributed by atoms with Crippen LogP contribution in [0.25, 0.3) is 0 Å². The molecule has 0 spiro atoms. The quantitative estimate of drug-likeness (QED) is 0.396. The van der Waals surface area contributed by atoms with E-state index >= 15 is 0 Å². The summed E-state index contributed by atoms with van der Waals surface area (Å²) in [5.41, 5.74) is -0.313. The third-order valence-corrected chi connectivity index (χ3v) is 2.50. The second-order valence-corrected chi connectivity index (χ2v) is 3.92. The predicted molar refractivity (Wildman–Crippen MR) is 53.7 cm³/mol. The fourth-order valence-electron chi connectivity index (χ4n) is 1.60. The second kappa shape index (κ2) is 3.92. The summed E-state index contributed by atoms with van der Waals surface area (Å²) in [6, 6.07) is 0. The van der Waals surface area contributed by atoms with Gasteiger partial charge in [0, 0.05) is 7.05 Å². The fraction of sp³-hybridized carbons (Fsp3) is 0.875. The first-order valence-corrected chi connectivity index (χ1v) is 4.71. The molecular weight excluding hydrogens is 194 g/mol. The van der Waals surface area contributed by atoms with Gasteiger partial charge in [0.2, 0.25) is 0 Å². The molecule has 1 heterocycles. The smallest absolute Gasteiger partial charge is 0.266 e. The summed E-state index contributed by atoms with van der Waals surface area (Å²) in [6.45, 7) is 4.08. The van der Waals surface area contributed by atoms with Gasteiger partial charge in [0.15, 0.2) is 5.21 Å². The number of tetrazole rings is 1. The summed E-state index contributed by atoms with van der Waals surface area (Å²) in [4.78, 5) is 0. The molecule has 0 amide bonds. The highest BCUT2D eigenvalue weighted by atomic mass is 15.6. The summed E-state index contributed by atoms with van der Waals surface area (Å²) >= 11 is 0. The molecule has 0 radical (unpaired) electrons. The Morgan fingerprint density at radius 3 is 2.47 bits per heavy atom. The van der Waals surface area contributed by atoms with Crippen LogP contribution in [-0.4, -0.2) is 34.2 Å². The Hall–Kier alpha value is -1.53. The number of aryl methyl sites for hydroxylation is 2. The van der Waals surface area contributed by atoms with E-state index in [1.165, 1.54) is 0 Å². The normalized spacial score (nSPS) is 12.4. The zero-order valence-electron chi connectivity index (χ0n) is 10.1. The zero-order chi connectivity index (χ0) is 11.6. The number of nitrogens with zero attached hydrogens (tertiary/aromatic N) is 7. The van der Waals surface area contributed by atoms with Crippen LogP contribution in [0.1, 0.15) is 19.7 Å². The van der Waals surface area contributed by atoms with Crippen LogP contribution in [0.3, 0.4) is 0 Å². The molecule has 7 heteroatoms. The van der Waals surface area contributed by atoms with Crippen molar-refractivity contribution in [2.24, 2.45) is 24.4 Å². The maximum absolute atomic E-state index is 4.01. The van der Waals surface area contributed by atoms with E-state index in [9.17, 15) is 0 Å². The molecule has 0 aliphatic carbocycles. The van der Waals surface area contributed by atoms with Crippen LogP contribution in [0.4, 0.5) is 0 Å². The van der Waals surface area contributed by atoms with Gasteiger partial charge in [0.25, 0.3) is 5.82 Å². The number of hydrogen-bond donors (Lipinski definition) is 0. The molecule has 0 N–H and O–H groups in total. The SMILES string of the molecule is CN=NN(C)C(C)(C)c1n(C)nn[n+]1C. The molecule has 0 aliphatic heterocycles. The Morgan fingerprint density at radius 2 is 2.07 bits per heavy atom. The highest BCUT2D eigenvalue weighted by Crippen LogP contribution is 2.22. The molecular formula is C8H18N7+. The van der Waals surface area contributed by atoms with Gasteiger partial charge >= 0.3 is 0 Å². The van der Waals surface area contributed by atoms with Crippen molar-refractivity contribution in [3.63, 3.8) is 0 Å². The van der Waals surface area contributed by atoms with Crippen molar-refractivity contribution in [1.29, 1.82) is 0 Å². The third-order valence-electron chi connectivity index (χ3n) is 2.50. The van der Waals surface area contributed by atoms with Crippen molar-refractivity contribution >= 4 is 0 Å². The van der Waals surface area contributed by atoms with Gasteiger partial charge in [-0.1, -0.05) is 9.91 Å². The van der Waals surface area contributed by atoms with Crippen LogP contribution in [0.15, 0.2) is 10.3 Å². The van der Waals surface area contributed by atoms with E-state index in [2.05, 4.69) is 20.8 Å². The summed E-state index contributed by atoms with van der Waals surface area (Å²) < 4.78 is 3.48. The number of rotatable bonds is 3. The van der Waals surface area contributed by atoms with E-state index < -0.39 is 0 Å². The van der Waals surface area contributed by atoms with Crippen molar-refractivity contribution < 1.29 is 4.68 Å². The standard InChI is InChI=1S/C8H18N7/c1-8(2,15(6)10-9-3)7-13(4)11-12-14(7)5/h1-6H3/q+1. The molecule has 0 unspecified atom stereocenters. The monoisotopic (exact) mass is 212 g/mol. The lowest BCUT2D eigenvalue weighted by Crippen LogP contribution is -2.48. The van der Waals surface area contributed by atoms with Crippen LogP contribution in [0.2, 0.25) is 0 Å². The molecule has 15 heavy (non-hydrogen) atoms. The van der Waals surface area contributed by atoms with Gasteiger partial charge in [0.05, 0.1) is 21.1 Å². The van der Waals surface area contributed by atoms with Crippen LogP contribution in [0, 0.1) is 0 Å². The molecule has 1 aromatic rings. The minimum atomic E-state index is -0.313. The molecule has 7 nitrogen and oxygen atoms in total. The minimum Gasteiger partial charge on any atom is -0.266 e. The van der Waals surface area contributed by atoms with E-state index in [1.807, 2.05) is 35.0 Å². The Morgan fingerprint density at radius 1 is 1.47 bits per heavy atom. The van der Waals surface area contributed by atoms with Gasteiger partial charge in [-0.15, -0.1) is 4.68 Å². The van der Waals surface area contributed by atoms with Gasteiger partial charge in [0.1, 0.15) is 10.8 Å². The van der Waals surface area contributed by atoms with Gasteiger partial charge in [-0.2, -0.15) is 5.11 Å². The second-order valence-electron chi connectivity index (χ2n) is 3.92. The van der Waals surface area contributed by atoms with E-state index in [0.29, 0.717) is 0 Å². The molecule has 1 aromatic heterocycles. The summed E-state index contributed by atoms with van der Waals surface area (Å²) in [5.74, 6) is 0.956. The highest BCUT2D eigenvalue weighted by Gasteiger charge is 2.37. The lowest BCUT2D eigenvalue weighted by atomic mass is 10.0. The van der Waals surface area contributed by atoms with Gasteiger partial charge in [-0.25, -0.2) is 0 Å². The van der Waals surface area contributed by atoms with E-state index in [1.54, 1.807) is 21.4 Å². The topological polar surface area (TPSA) is 62.6 Å². The molecule has 0 fully saturated rings. The van der Waals surface area contributed by atoms with Gasteiger partial charge in [-0.3, -0.25) is 5.01 Å². The first-order chi connectivity index (χ1) is 6.91.